The van der Waals surface area contributed by atoms with Crippen LogP contribution in [0.1, 0.15) is 142 Å². The molecule has 0 fully saturated rings. The highest BCUT2D eigenvalue weighted by molar-refractivity contribution is 5.70. The van der Waals surface area contributed by atoms with E-state index < -0.39 is 6.10 Å². The summed E-state index contributed by atoms with van der Waals surface area (Å²) >= 11 is 0. The first kappa shape index (κ1) is 43.1. The lowest BCUT2D eigenvalue weighted by Crippen LogP contribution is -2.28. The van der Waals surface area contributed by atoms with E-state index in [0.717, 1.165) is 57.8 Å². The molecule has 0 amide bonds. The SMILES string of the molecule is CCCCC/C=C\C/C=C\C/C=C\C/C=C\CCCC(=O)OC[C@H](CO)OC(=O)CCCC/C=C\C/C=C\C/C=C\CCCCC. The summed E-state index contributed by atoms with van der Waals surface area (Å²) in [7, 11) is 0. The van der Waals surface area contributed by atoms with E-state index in [2.05, 4.69) is 98.9 Å². The van der Waals surface area contributed by atoms with E-state index in [1.807, 2.05) is 0 Å². The van der Waals surface area contributed by atoms with E-state index in [0.29, 0.717) is 12.8 Å². The van der Waals surface area contributed by atoms with Gasteiger partial charge >= 0.3 is 11.9 Å². The molecule has 0 aromatic carbocycles. The molecule has 0 aliphatic heterocycles. The highest BCUT2D eigenvalue weighted by Gasteiger charge is 2.15. The van der Waals surface area contributed by atoms with E-state index in [1.54, 1.807) is 0 Å². The van der Waals surface area contributed by atoms with Gasteiger partial charge in [0, 0.05) is 12.8 Å². The number of aliphatic hydroxyl groups excluding tert-OH is 1. The summed E-state index contributed by atoms with van der Waals surface area (Å²) in [5.41, 5.74) is 0. The van der Waals surface area contributed by atoms with Gasteiger partial charge in [0.1, 0.15) is 6.61 Å². The molecular formula is C41H66O5. The largest absolute Gasteiger partial charge is 0.462 e. The monoisotopic (exact) mass is 638 g/mol. The molecule has 1 atom stereocenters. The number of unbranched alkanes of at least 4 members (excludes halogenated alkanes) is 9. The van der Waals surface area contributed by atoms with Crippen molar-refractivity contribution >= 4 is 11.9 Å². The van der Waals surface area contributed by atoms with Gasteiger partial charge in [-0.3, -0.25) is 9.59 Å². The Morgan fingerprint density at radius 2 is 0.870 bits per heavy atom. The molecule has 0 heterocycles. The Morgan fingerprint density at radius 1 is 0.500 bits per heavy atom. The molecule has 0 saturated heterocycles. The molecule has 0 unspecified atom stereocenters. The van der Waals surface area contributed by atoms with Crippen molar-refractivity contribution in [1.29, 1.82) is 0 Å². The summed E-state index contributed by atoms with van der Waals surface area (Å²) in [6, 6.07) is 0. The minimum absolute atomic E-state index is 0.115. The first-order chi connectivity index (χ1) is 22.6. The molecule has 5 nitrogen and oxygen atoms in total. The van der Waals surface area contributed by atoms with Crippen LogP contribution in [0.15, 0.2) is 85.1 Å². The van der Waals surface area contributed by atoms with E-state index in [9.17, 15) is 14.7 Å². The Labute approximate surface area is 282 Å². The number of ether oxygens (including phenoxy) is 2. The molecular weight excluding hydrogens is 572 g/mol. The Kier molecular flexibility index (Phi) is 34.2. The summed E-state index contributed by atoms with van der Waals surface area (Å²) in [4.78, 5) is 24.1. The van der Waals surface area contributed by atoms with Crippen LogP contribution >= 0.6 is 0 Å². The second-order valence-corrected chi connectivity index (χ2v) is 11.6. The van der Waals surface area contributed by atoms with E-state index in [4.69, 9.17) is 9.47 Å². The smallest absolute Gasteiger partial charge is 0.306 e. The van der Waals surface area contributed by atoms with Crippen molar-refractivity contribution in [3.05, 3.63) is 85.1 Å². The normalized spacial score (nSPS) is 13.2. The van der Waals surface area contributed by atoms with Crippen LogP contribution in [0.3, 0.4) is 0 Å². The lowest BCUT2D eigenvalue weighted by atomic mass is 10.1. The van der Waals surface area contributed by atoms with Gasteiger partial charge in [0.25, 0.3) is 0 Å². The Bertz CT molecular complexity index is 906. The predicted molar refractivity (Wildman–Crippen MR) is 196 cm³/mol. The Morgan fingerprint density at radius 3 is 1.28 bits per heavy atom. The van der Waals surface area contributed by atoms with Gasteiger partial charge in [-0.2, -0.15) is 0 Å². The van der Waals surface area contributed by atoms with E-state index in [1.165, 1.54) is 51.4 Å². The van der Waals surface area contributed by atoms with Gasteiger partial charge < -0.3 is 14.6 Å². The minimum Gasteiger partial charge on any atom is -0.462 e. The van der Waals surface area contributed by atoms with Gasteiger partial charge in [0.05, 0.1) is 6.61 Å². The minimum atomic E-state index is -0.817. The van der Waals surface area contributed by atoms with Gasteiger partial charge in [0.2, 0.25) is 0 Å². The Hall–Kier alpha value is -2.92. The summed E-state index contributed by atoms with van der Waals surface area (Å²) < 4.78 is 10.5. The number of carbonyl (C=O) groups is 2. The fourth-order valence-electron chi connectivity index (χ4n) is 4.37. The third-order valence-electron chi connectivity index (χ3n) is 7.16. The molecule has 0 aliphatic rings. The average molecular weight is 639 g/mol. The third kappa shape index (κ3) is 34.0. The topological polar surface area (TPSA) is 72.8 Å². The van der Waals surface area contributed by atoms with Crippen LogP contribution in [0, 0.1) is 0 Å². The maximum absolute atomic E-state index is 12.1. The van der Waals surface area contributed by atoms with E-state index in [-0.39, 0.29) is 31.6 Å². The first-order valence-corrected chi connectivity index (χ1v) is 18.1. The Balaban J connectivity index is 3.78. The quantitative estimate of drug-likeness (QED) is 0.0465. The predicted octanol–water partition coefficient (Wildman–Crippen LogP) is 11.2. The molecule has 0 aliphatic carbocycles. The van der Waals surface area contributed by atoms with Gasteiger partial charge in [-0.1, -0.05) is 125 Å². The average Bonchev–Trinajstić information content (AvgIpc) is 3.06. The lowest BCUT2D eigenvalue weighted by Gasteiger charge is -2.15. The highest BCUT2D eigenvalue weighted by Crippen LogP contribution is 2.07. The van der Waals surface area contributed by atoms with Crippen LogP contribution in [0.2, 0.25) is 0 Å². The fourth-order valence-corrected chi connectivity index (χ4v) is 4.37. The molecule has 0 saturated carbocycles. The molecule has 0 aromatic heterocycles. The second kappa shape index (κ2) is 36.5. The zero-order valence-corrected chi connectivity index (χ0v) is 29.3. The van der Waals surface area contributed by atoms with Crippen LogP contribution in [0.5, 0.6) is 0 Å². The van der Waals surface area contributed by atoms with Gasteiger partial charge in [-0.15, -0.1) is 0 Å². The van der Waals surface area contributed by atoms with Crippen molar-refractivity contribution in [3.8, 4) is 0 Å². The highest BCUT2D eigenvalue weighted by atomic mass is 16.6. The molecule has 0 rings (SSSR count). The number of allylic oxidation sites excluding steroid dienone is 14. The number of hydrogen-bond donors (Lipinski definition) is 1. The zero-order valence-electron chi connectivity index (χ0n) is 29.3. The maximum atomic E-state index is 12.1. The summed E-state index contributed by atoms with van der Waals surface area (Å²) in [6.45, 7) is 3.97. The number of aliphatic hydroxyl groups is 1. The molecule has 0 aromatic rings. The van der Waals surface area contributed by atoms with Crippen LogP contribution in [0.4, 0.5) is 0 Å². The fraction of sp³-hybridized carbons (Fsp3) is 0.610. The summed E-state index contributed by atoms with van der Waals surface area (Å²) in [5, 5.41) is 9.52. The summed E-state index contributed by atoms with van der Waals surface area (Å²) in [6.07, 6.45) is 49.2. The lowest BCUT2D eigenvalue weighted by molar-refractivity contribution is -0.161. The van der Waals surface area contributed by atoms with Crippen molar-refractivity contribution in [3.63, 3.8) is 0 Å². The molecule has 260 valence electrons. The van der Waals surface area contributed by atoms with Crippen LogP contribution < -0.4 is 0 Å². The first-order valence-electron chi connectivity index (χ1n) is 18.1. The van der Waals surface area contributed by atoms with Crippen LogP contribution in [0.25, 0.3) is 0 Å². The molecule has 5 heteroatoms. The standard InChI is InChI=1S/C41H66O5/c1-3-5-7-9-11-13-15-17-19-20-22-23-25-27-29-31-33-35-40(43)45-38-39(37-42)46-41(44)36-34-32-30-28-26-24-21-18-16-14-12-10-8-6-4-2/h11-14,17-19,21-23,26-29,39,42H,3-10,15-16,20,24-25,30-38H2,1-2H3/b13-11-,14-12-,19-17-,21-18-,23-22-,28-26-,29-27-/t39-/m0/s1. The van der Waals surface area contributed by atoms with Crippen LogP contribution in [-0.2, 0) is 19.1 Å². The van der Waals surface area contributed by atoms with E-state index >= 15 is 0 Å². The van der Waals surface area contributed by atoms with Crippen LogP contribution in [-0.4, -0.2) is 36.4 Å². The molecule has 1 N–H and O–H groups in total. The van der Waals surface area contributed by atoms with Gasteiger partial charge in [-0.25, -0.2) is 0 Å². The third-order valence-corrected chi connectivity index (χ3v) is 7.16. The second-order valence-electron chi connectivity index (χ2n) is 11.6. The number of esters is 2. The van der Waals surface area contributed by atoms with Crippen molar-refractivity contribution in [2.45, 2.75) is 148 Å². The molecule has 0 radical (unpaired) electrons. The van der Waals surface area contributed by atoms with Crippen molar-refractivity contribution in [1.82, 2.24) is 0 Å². The van der Waals surface area contributed by atoms with Crippen molar-refractivity contribution in [2.24, 2.45) is 0 Å². The van der Waals surface area contributed by atoms with Crippen molar-refractivity contribution in [2.75, 3.05) is 13.2 Å². The molecule has 0 spiro atoms. The van der Waals surface area contributed by atoms with Crippen molar-refractivity contribution < 1.29 is 24.2 Å². The number of rotatable bonds is 31. The number of carbonyl (C=O) groups excluding carboxylic acids is 2. The number of hydrogen-bond acceptors (Lipinski definition) is 5. The molecule has 46 heavy (non-hydrogen) atoms. The van der Waals surface area contributed by atoms with Gasteiger partial charge in [-0.05, 0) is 89.9 Å². The summed E-state index contributed by atoms with van der Waals surface area (Å²) in [5.74, 6) is -0.712. The molecule has 0 bridgehead atoms. The maximum Gasteiger partial charge on any atom is 0.306 e. The zero-order chi connectivity index (χ0) is 33.6. The van der Waals surface area contributed by atoms with Gasteiger partial charge in [0.15, 0.2) is 6.10 Å².